The number of hydrogen-bond donors (Lipinski definition) is 1. The van der Waals surface area contributed by atoms with Crippen LogP contribution in [0.3, 0.4) is 0 Å². The van der Waals surface area contributed by atoms with Gasteiger partial charge in [0.05, 0.1) is 5.56 Å². The van der Waals surface area contributed by atoms with Crippen molar-refractivity contribution >= 4 is 17.5 Å². The quantitative estimate of drug-likeness (QED) is 0.840. The molecule has 1 aromatic carbocycles. The van der Waals surface area contributed by atoms with E-state index in [4.69, 9.17) is 0 Å². The van der Waals surface area contributed by atoms with E-state index in [0.717, 1.165) is 38.1 Å². The summed E-state index contributed by atoms with van der Waals surface area (Å²) in [6, 6.07) is 3.38. The van der Waals surface area contributed by atoms with Gasteiger partial charge in [-0.05, 0) is 25.0 Å². The lowest BCUT2D eigenvalue weighted by Gasteiger charge is -2.21. The molecule has 0 aliphatic heterocycles. The maximum atomic E-state index is 13.6. The fourth-order valence-electron chi connectivity index (χ4n) is 2.26. The zero-order valence-corrected chi connectivity index (χ0v) is 13.7. The van der Waals surface area contributed by atoms with Gasteiger partial charge in [-0.2, -0.15) is 0 Å². The Hall–Kier alpha value is -2.57. The summed E-state index contributed by atoms with van der Waals surface area (Å²) in [7, 11) is 0. The first-order valence-corrected chi connectivity index (χ1v) is 7.89. The van der Waals surface area contributed by atoms with E-state index >= 15 is 0 Å². The molecule has 0 aliphatic rings. The molecule has 5 nitrogen and oxygen atoms in total. The van der Waals surface area contributed by atoms with E-state index in [-0.39, 0.29) is 5.56 Å². The number of benzene rings is 1. The average Bonchev–Trinajstić information content (AvgIpc) is 2.58. The van der Waals surface area contributed by atoms with E-state index in [1.165, 1.54) is 18.5 Å². The molecule has 0 bridgehead atoms. The molecule has 1 N–H and O–H groups in total. The van der Waals surface area contributed by atoms with E-state index in [9.17, 15) is 13.6 Å². The van der Waals surface area contributed by atoms with Crippen LogP contribution in [0.5, 0.6) is 0 Å². The van der Waals surface area contributed by atoms with E-state index in [1.807, 2.05) is 4.90 Å². The Morgan fingerprint density at radius 3 is 2.12 bits per heavy atom. The van der Waals surface area contributed by atoms with Crippen molar-refractivity contribution in [3.8, 4) is 0 Å². The summed E-state index contributed by atoms with van der Waals surface area (Å²) in [6.07, 6.45) is 4.62. The third-order valence-electron chi connectivity index (χ3n) is 3.37. The van der Waals surface area contributed by atoms with E-state index in [1.54, 1.807) is 0 Å². The molecule has 1 aromatic heterocycles. The molecule has 2 rings (SSSR count). The van der Waals surface area contributed by atoms with Crippen molar-refractivity contribution in [3.63, 3.8) is 0 Å². The maximum Gasteiger partial charge on any atom is 0.258 e. The van der Waals surface area contributed by atoms with Gasteiger partial charge in [0, 0.05) is 25.5 Å². The summed E-state index contributed by atoms with van der Waals surface area (Å²) in [6.45, 7) is 5.76. The third-order valence-corrected chi connectivity index (χ3v) is 3.37. The third kappa shape index (κ3) is 4.24. The molecule has 0 spiro atoms. The number of nitrogens with zero attached hydrogens (tertiary/aromatic N) is 3. The topological polar surface area (TPSA) is 58.1 Å². The number of carbonyl (C=O) groups is 1. The average molecular weight is 334 g/mol. The molecule has 2 aromatic rings. The van der Waals surface area contributed by atoms with Crippen molar-refractivity contribution in [2.75, 3.05) is 23.3 Å². The first-order valence-electron chi connectivity index (χ1n) is 7.89. The Morgan fingerprint density at radius 2 is 1.62 bits per heavy atom. The monoisotopic (exact) mass is 334 g/mol. The molecule has 0 aliphatic carbocycles. The molecule has 24 heavy (non-hydrogen) atoms. The first kappa shape index (κ1) is 17.8. The van der Waals surface area contributed by atoms with Gasteiger partial charge in [0.1, 0.15) is 17.3 Å². The maximum absolute atomic E-state index is 13.6. The Labute approximate surface area is 139 Å². The first-order chi connectivity index (χ1) is 11.6. The van der Waals surface area contributed by atoms with E-state index in [0.29, 0.717) is 5.95 Å². The standard InChI is InChI=1S/C17H20F2N4O/c1-3-8-23(9-4-2)17-20-10-12(11-21-17)16(24)22-15-13(18)6-5-7-14(15)19/h5-7,10-11H,3-4,8-9H2,1-2H3,(H,22,24). The van der Waals surface area contributed by atoms with Crippen LogP contribution in [0.15, 0.2) is 30.6 Å². The van der Waals surface area contributed by atoms with Crippen LogP contribution in [0.4, 0.5) is 20.4 Å². The molecule has 1 amide bonds. The Kier molecular flexibility index (Phi) is 6.17. The van der Waals surface area contributed by atoms with Crippen LogP contribution in [0, 0.1) is 11.6 Å². The van der Waals surface area contributed by atoms with Crippen molar-refractivity contribution in [2.24, 2.45) is 0 Å². The number of carbonyl (C=O) groups excluding carboxylic acids is 1. The fraction of sp³-hybridized carbons (Fsp3) is 0.353. The summed E-state index contributed by atoms with van der Waals surface area (Å²) in [5, 5.41) is 2.21. The number of aromatic nitrogens is 2. The van der Waals surface area contributed by atoms with Crippen LogP contribution in [0.25, 0.3) is 0 Å². The molecular formula is C17H20F2N4O. The number of nitrogens with one attached hydrogen (secondary N) is 1. The smallest absolute Gasteiger partial charge is 0.258 e. The largest absolute Gasteiger partial charge is 0.341 e. The highest BCUT2D eigenvalue weighted by Crippen LogP contribution is 2.19. The van der Waals surface area contributed by atoms with Crippen molar-refractivity contribution in [1.82, 2.24) is 9.97 Å². The number of amides is 1. The minimum atomic E-state index is -0.835. The van der Waals surface area contributed by atoms with Gasteiger partial charge in [-0.3, -0.25) is 4.79 Å². The van der Waals surface area contributed by atoms with Crippen LogP contribution in [-0.4, -0.2) is 29.0 Å². The van der Waals surface area contributed by atoms with Gasteiger partial charge in [0.15, 0.2) is 0 Å². The second kappa shape index (κ2) is 8.33. The predicted octanol–water partition coefficient (Wildman–Crippen LogP) is 3.63. The lowest BCUT2D eigenvalue weighted by molar-refractivity contribution is 0.102. The highest BCUT2D eigenvalue weighted by atomic mass is 19.1. The molecule has 0 radical (unpaired) electrons. The molecule has 0 fully saturated rings. The molecule has 0 saturated heterocycles. The highest BCUT2D eigenvalue weighted by molar-refractivity contribution is 6.04. The van der Waals surface area contributed by atoms with Crippen LogP contribution in [0.1, 0.15) is 37.0 Å². The van der Waals surface area contributed by atoms with Gasteiger partial charge in [0.25, 0.3) is 5.91 Å². The minimum absolute atomic E-state index is 0.134. The zero-order chi connectivity index (χ0) is 17.5. The normalized spacial score (nSPS) is 10.5. The summed E-state index contributed by atoms with van der Waals surface area (Å²) in [5.74, 6) is -1.80. The van der Waals surface area contributed by atoms with Gasteiger partial charge < -0.3 is 10.2 Å². The summed E-state index contributed by atoms with van der Waals surface area (Å²) >= 11 is 0. The summed E-state index contributed by atoms with van der Waals surface area (Å²) in [4.78, 5) is 22.5. The van der Waals surface area contributed by atoms with Crippen LogP contribution >= 0.6 is 0 Å². The molecule has 7 heteroatoms. The fourth-order valence-corrected chi connectivity index (χ4v) is 2.26. The van der Waals surface area contributed by atoms with Crippen LogP contribution in [0.2, 0.25) is 0 Å². The van der Waals surface area contributed by atoms with Crippen molar-refractivity contribution in [2.45, 2.75) is 26.7 Å². The lowest BCUT2D eigenvalue weighted by atomic mass is 10.2. The number of halogens is 2. The van der Waals surface area contributed by atoms with Crippen molar-refractivity contribution < 1.29 is 13.6 Å². The number of rotatable bonds is 7. The second-order valence-corrected chi connectivity index (χ2v) is 5.31. The second-order valence-electron chi connectivity index (χ2n) is 5.31. The minimum Gasteiger partial charge on any atom is -0.341 e. The molecular weight excluding hydrogens is 314 g/mol. The number of anilines is 2. The van der Waals surface area contributed by atoms with Crippen LogP contribution < -0.4 is 10.2 Å². The van der Waals surface area contributed by atoms with Crippen LogP contribution in [-0.2, 0) is 0 Å². The van der Waals surface area contributed by atoms with Gasteiger partial charge in [-0.15, -0.1) is 0 Å². The van der Waals surface area contributed by atoms with Gasteiger partial charge in [-0.1, -0.05) is 19.9 Å². The SMILES string of the molecule is CCCN(CCC)c1ncc(C(=O)Nc2c(F)cccc2F)cn1. The molecule has 1 heterocycles. The van der Waals surface area contributed by atoms with Gasteiger partial charge >= 0.3 is 0 Å². The molecule has 0 atom stereocenters. The molecule has 128 valence electrons. The van der Waals surface area contributed by atoms with E-state index in [2.05, 4.69) is 29.1 Å². The van der Waals surface area contributed by atoms with Gasteiger partial charge in [0.2, 0.25) is 5.95 Å². The number of hydrogen-bond acceptors (Lipinski definition) is 4. The predicted molar refractivity (Wildman–Crippen MR) is 89.1 cm³/mol. The Bertz CT molecular complexity index is 665. The summed E-state index contributed by atoms with van der Waals surface area (Å²) in [5.41, 5.74) is -0.348. The highest BCUT2D eigenvalue weighted by Gasteiger charge is 2.15. The molecule has 0 saturated carbocycles. The Balaban J connectivity index is 2.13. The summed E-state index contributed by atoms with van der Waals surface area (Å²) < 4.78 is 27.1. The Morgan fingerprint density at radius 1 is 1.08 bits per heavy atom. The van der Waals surface area contributed by atoms with E-state index < -0.39 is 23.2 Å². The zero-order valence-electron chi connectivity index (χ0n) is 13.7. The van der Waals surface area contributed by atoms with Gasteiger partial charge in [-0.25, -0.2) is 18.7 Å². The lowest BCUT2D eigenvalue weighted by Crippen LogP contribution is -2.27. The van der Waals surface area contributed by atoms with Crippen molar-refractivity contribution in [3.05, 3.63) is 47.8 Å². The number of para-hydroxylation sites is 1. The molecule has 0 unspecified atom stereocenters. The van der Waals surface area contributed by atoms with Crippen molar-refractivity contribution in [1.29, 1.82) is 0 Å².